The highest BCUT2D eigenvalue weighted by molar-refractivity contribution is 6.06. The van der Waals surface area contributed by atoms with Gasteiger partial charge in [-0.2, -0.15) is 0 Å². The van der Waals surface area contributed by atoms with Gasteiger partial charge in [0.15, 0.2) is 0 Å². The van der Waals surface area contributed by atoms with Crippen molar-refractivity contribution in [3.63, 3.8) is 0 Å². The van der Waals surface area contributed by atoms with E-state index in [4.69, 9.17) is 0 Å². The van der Waals surface area contributed by atoms with Crippen molar-refractivity contribution in [2.45, 2.75) is 39.3 Å². The summed E-state index contributed by atoms with van der Waals surface area (Å²) < 4.78 is 0. The Morgan fingerprint density at radius 1 is 0.867 bits per heavy atom. The Kier molecular flexibility index (Phi) is 6.29. The van der Waals surface area contributed by atoms with Crippen LogP contribution in [0.25, 0.3) is 0 Å². The fraction of sp³-hybridized carbons (Fsp3) is 0.296. The lowest BCUT2D eigenvalue weighted by Gasteiger charge is -2.38. The number of anilines is 1. The molecule has 0 spiro atoms. The molecule has 0 unspecified atom stereocenters. The van der Waals surface area contributed by atoms with Crippen LogP contribution >= 0.6 is 0 Å². The lowest BCUT2D eigenvalue weighted by molar-refractivity contribution is 0.0958. The van der Waals surface area contributed by atoms with Crippen LogP contribution in [0.2, 0.25) is 0 Å². The highest BCUT2D eigenvalue weighted by atomic mass is 16.2. The molecule has 0 atom stereocenters. The maximum Gasteiger partial charge on any atom is 0.258 e. The molecular weight excluding hydrogens is 368 g/mol. The Bertz CT molecular complexity index is 976. The van der Waals surface area contributed by atoms with Gasteiger partial charge in [-0.3, -0.25) is 9.69 Å². The maximum absolute atomic E-state index is 13.4. The predicted octanol–water partition coefficient (Wildman–Crippen LogP) is 5.61. The van der Waals surface area contributed by atoms with Gasteiger partial charge in [-0.1, -0.05) is 54.6 Å². The standard InChI is InChI=1S/C27H30N2O/c1-21-13-14-23(19-22(21)2)20-28-17-15-26(16-18-28)29(25-11-7-4-8-12-25)27(30)24-9-5-3-6-10-24/h3-14,19,26H,15-18,20H2,1-2H3. The van der Waals surface area contributed by atoms with Crippen LogP contribution in [-0.2, 0) is 6.54 Å². The van der Waals surface area contributed by atoms with Crippen LogP contribution in [0.4, 0.5) is 5.69 Å². The van der Waals surface area contributed by atoms with Crippen molar-refractivity contribution < 1.29 is 4.79 Å². The van der Waals surface area contributed by atoms with E-state index in [1.54, 1.807) is 0 Å². The van der Waals surface area contributed by atoms with Gasteiger partial charge in [0, 0.05) is 36.9 Å². The molecule has 0 radical (unpaired) electrons. The largest absolute Gasteiger partial charge is 0.305 e. The Labute approximate surface area is 180 Å². The second-order valence-corrected chi connectivity index (χ2v) is 8.30. The molecule has 0 aromatic heterocycles. The van der Waals surface area contributed by atoms with E-state index in [0.29, 0.717) is 0 Å². The molecule has 0 aliphatic carbocycles. The third kappa shape index (κ3) is 4.63. The number of amides is 1. The maximum atomic E-state index is 13.4. The highest BCUT2D eigenvalue weighted by Gasteiger charge is 2.29. The van der Waals surface area contributed by atoms with Crippen molar-refractivity contribution in [2.24, 2.45) is 0 Å². The summed E-state index contributed by atoms with van der Waals surface area (Å²) in [5, 5.41) is 0. The number of nitrogens with zero attached hydrogens (tertiary/aromatic N) is 2. The molecule has 0 saturated carbocycles. The molecule has 0 bridgehead atoms. The van der Waals surface area contributed by atoms with Crippen molar-refractivity contribution in [1.82, 2.24) is 4.90 Å². The summed E-state index contributed by atoms with van der Waals surface area (Å²) in [6.45, 7) is 7.32. The fourth-order valence-electron chi connectivity index (χ4n) is 4.30. The number of hydrogen-bond donors (Lipinski definition) is 0. The van der Waals surface area contributed by atoms with E-state index in [2.05, 4.69) is 36.9 Å². The van der Waals surface area contributed by atoms with Gasteiger partial charge in [0.05, 0.1) is 0 Å². The minimum Gasteiger partial charge on any atom is -0.305 e. The molecule has 1 aliphatic rings. The summed E-state index contributed by atoms with van der Waals surface area (Å²) in [5.74, 6) is 0.0920. The van der Waals surface area contributed by atoms with Gasteiger partial charge in [0.2, 0.25) is 0 Å². The Hall–Kier alpha value is -2.91. The number of piperidine rings is 1. The number of para-hydroxylation sites is 1. The first-order valence-corrected chi connectivity index (χ1v) is 10.8. The minimum absolute atomic E-state index is 0.0920. The number of carbonyl (C=O) groups excluding carboxylic acids is 1. The van der Waals surface area contributed by atoms with Gasteiger partial charge in [0.1, 0.15) is 0 Å². The number of hydrogen-bond acceptors (Lipinski definition) is 2. The van der Waals surface area contributed by atoms with Gasteiger partial charge in [-0.25, -0.2) is 0 Å². The van der Waals surface area contributed by atoms with E-state index >= 15 is 0 Å². The molecule has 1 saturated heterocycles. The number of benzene rings is 3. The van der Waals surface area contributed by atoms with Crippen LogP contribution in [0, 0.1) is 13.8 Å². The first kappa shape index (κ1) is 20.4. The van der Waals surface area contributed by atoms with Crippen molar-refractivity contribution in [3.8, 4) is 0 Å². The Morgan fingerprint density at radius 3 is 2.13 bits per heavy atom. The number of likely N-dealkylation sites (tertiary alicyclic amines) is 1. The Morgan fingerprint density at radius 2 is 1.50 bits per heavy atom. The number of rotatable bonds is 5. The van der Waals surface area contributed by atoms with Crippen LogP contribution < -0.4 is 4.90 Å². The summed E-state index contributed by atoms with van der Waals surface area (Å²) in [6, 6.07) is 26.7. The first-order valence-electron chi connectivity index (χ1n) is 10.8. The average Bonchev–Trinajstić information content (AvgIpc) is 2.79. The van der Waals surface area contributed by atoms with Crippen LogP contribution in [-0.4, -0.2) is 29.9 Å². The van der Waals surface area contributed by atoms with Crippen LogP contribution in [0.1, 0.15) is 39.9 Å². The second kappa shape index (κ2) is 9.27. The summed E-state index contributed by atoms with van der Waals surface area (Å²) in [6.07, 6.45) is 1.97. The topological polar surface area (TPSA) is 23.6 Å². The lowest BCUT2D eigenvalue weighted by atomic mass is 9.99. The summed E-state index contributed by atoms with van der Waals surface area (Å²) in [5.41, 5.74) is 5.80. The molecule has 154 valence electrons. The zero-order valence-electron chi connectivity index (χ0n) is 17.9. The quantitative estimate of drug-likeness (QED) is 0.557. The summed E-state index contributed by atoms with van der Waals surface area (Å²) in [7, 11) is 0. The molecule has 1 fully saturated rings. The van der Waals surface area contributed by atoms with Crippen molar-refractivity contribution in [1.29, 1.82) is 0 Å². The molecule has 3 heteroatoms. The van der Waals surface area contributed by atoms with Gasteiger partial charge in [0.25, 0.3) is 5.91 Å². The van der Waals surface area contributed by atoms with E-state index in [9.17, 15) is 4.79 Å². The van der Waals surface area contributed by atoms with Gasteiger partial charge in [-0.05, 0) is 67.6 Å². The van der Waals surface area contributed by atoms with Crippen LogP contribution in [0.5, 0.6) is 0 Å². The third-order valence-corrected chi connectivity index (χ3v) is 6.17. The first-order chi connectivity index (χ1) is 14.6. The van der Waals surface area contributed by atoms with E-state index < -0.39 is 0 Å². The number of aryl methyl sites for hydroxylation is 2. The molecule has 3 aromatic rings. The molecule has 3 aromatic carbocycles. The highest BCUT2D eigenvalue weighted by Crippen LogP contribution is 2.26. The molecule has 1 amide bonds. The molecular formula is C27H30N2O. The van der Waals surface area contributed by atoms with E-state index in [1.807, 2.05) is 65.6 Å². The average molecular weight is 399 g/mol. The van der Waals surface area contributed by atoms with Crippen molar-refractivity contribution in [3.05, 3.63) is 101 Å². The van der Waals surface area contributed by atoms with Crippen LogP contribution in [0.3, 0.4) is 0 Å². The van der Waals surface area contributed by atoms with Gasteiger partial charge < -0.3 is 4.90 Å². The van der Waals surface area contributed by atoms with Gasteiger partial charge >= 0.3 is 0 Å². The van der Waals surface area contributed by atoms with E-state index in [1.165, 1.54) is 16.7 Å². The van der Waals surface area contributed by atoms with E-state index in [0.717, 1.165) is 43.7 Å². The molecule has 4 rings (SSSR count). The van der Waals surface area contributed by atoms with Gasteiger partial charge in [-0.15, -0.1) is 0 Å². The molecule has 0 N–H and O–H groups in total. The number of carbonyl (C=O) groups is 1. The van der Waals surface area contributed by atoms with E-state index in [-0.39, 0.29) is 11.9 Å². The molecule has 3 nitrogen and oxygen atoms in total. The minimum atomic E-state index is 0.0920. The lowest BCUT2D eigenvalue weighted by Crippen LogP contribution is -2.47. The van der Waals surface area contributed by atoms with Crippen molar-refractivity contribution in [2.75, 3.05) is 18.0 Å². The zero-order valence-corrected chi connectivity index (χ0v) is 17.9. The SMILES string of the molecule is Cc1ccc(CN2CCC(N(C(=O)c3ccccc3)c3ccccc3)CC2)cc1C. The zero-order chi connectivity index (χ0) is 20.9. The Balaban J connectivity index is 1.48. The molecule has 1 aliphatic heterocycles. The predicted molar refractivity (Wildman–Crippen MR) is 124 cm³/mol. The molecule has 30 heavy (non-hydrogen) atoms. The second-order valence-electron chi connectivity index (χ2n) is 8.30. The normalized spacial score (nSPS) is 15.1. The smallest absolute Gasteiger partial charge is 0.258 e. The van der Waals surface area contributed by atoms with Crippen molar-refractivity contribution >= 4 is 11.6 Å². The monoisotopic (exact) mass is 398 g/mol. The van der Waals surface area contributed by atoms with Crippen LogP contribution in [0.15, 0.2) is 78.9 Å². The summed E-state index contributed by atoms with van der Waals surface area (Å²) >= 11 is 0. The third-order valence-electron chi connectivity index (χ3n) is 6.17. The molecule has 1 heterocycles. The fourth-order valence-corrected chi connectivity index (χ4v) is 4.30. The summed E-state index contributed by atoms with van der Waals surface area (Å²) in [4.78, 5) is 17.9.